The zero-order valence-corrected chi connectivity index (χ0v) is 11.4. The highest BCUT2D eigenvalue weighted by molar-refractivity contribution is 9.10. The molecule has 0 N–H and O–H groups in total. The third-order valence-corrected chi connectivity index (χ3v) is 3.09. The van der Waals surface area contributed by atoms with Gasteiger partial charge in [-0.3, -0.25) is 0 Å². The Kier molecular flexibility index (Phi) is 3.47. The second kappa shape index (κ2) is 4.70. The van der Waals surface area contributed by atoms with Crippen LogP contribution in [0.1, 0.15) is 5.82 Å². The summed E-state index contributed by atoms with van der Waals surface area (Å²) in [6.45, 7) is 1.75. The van der Waals surface area contributed by atoms with Crippen LogP contribution in [-0.4, -0.2) is 9.97 Å². The summed E-state index contributed by atoms with van der Waals surface area (Å²) in [5.74, 6) is 0.564. The molecule has 1 aromatic heterocycles. The SMILES string of the molecule is Cc1nc(Cl)c(-c2cccc(Br)c2)c(Cl)n1. The smallest absolute Gasteiger partial charge is 0.142 e. The number of halogens is 3. The molecule has 0 aliphatic heterocycles. The van der Waals surface area contributed by atoms with Crippen molar-refractivity contribution in [2.24, 2.45) is 0 Å². The maximum Gasteiger partial charge on any atom is 0.142 e. The van der Waals surface area contributed by atoms with Gasteiger partial charge in [-0.2, -0.15) is 0 Å². The molecule has 16 heavy (non-hydrogen) atoms. The van der Waals surface area contributed by atoms with Crippen LogP contribution in [0.15, 0.2) is 28.7 Å². The van der Waals surface area contributed by atoms with Gasteiger partial charge in [0.25, 0.3) is 0 Å². The maximum absolute atomic E-state index is 6.07. The Hall–Kier alpha value is -0.640. The summed E-state index contributed by atoms with van der Waals surface area (Å²) in [6, 6.07) is 7.68. The molecular formula is C11H7BrCl2N2. The summed E-state index contributed by atoms with van der Waals surface area (Å²) >= 11 is 15.5. The number of aromatic nitrogens is 2. The van der Waals surface area contributed by atoms with Crippen molar-refractivity contribution in [2.45, 2.75) is 6.92 Å². The topological polar surface area (TPSA) is 25.8 Å². The first-order valence-electron chi connectivity index (χ1n) is 4.53. The van der Waals surface area contributed by atoms with Gasteiger partial charge < -0.3 is 0 Å². The molecule has 82 valence electrons. The summed E-state index contributed by atoms with van der Waals surface area (Å²) in [6.07, 6.45) is 0. The number of hydrogen-bond acceptors (Lipinski definition) is 2. The summed E-state index contributed by atoms with van der Waals surface area (Å²) in [4.78, 5) is 8.19. The van der Waals surface area contributed by atoms with Crippen molar-refractivity contribution < 1.29 is 0 Å². The van der Waals surface area contributed by atoms with Crippen LogP contribution in [-0.2, 0) is 0 Å². The lowest BCUT2D eigenvalue weighted by Gasteiger charge is -2.07. The van der Waals surface area contributed by atoms with Crippen LogP contribution in [0.2, 0.25) is 10.3 Å². The monoisotopic (exact) mass is 316 g/mol. The predicted molar refractivity (Wildman–Crippen MR) is 69.9 cm³/mol. The number of hydrogen-bond donors (Lipinski definition) is 0. The molecular weight excluding hydrogens is 311 g/mol. The fraction of sp³-hybridized carbons (Fsp3) is 0.0909. The average Bonchev–Trinajstić information content (AvgIpc) is 2.15. The lowest BCUT2D eigenvalue weighted by atomic mass is 10.1. The summed E-state index contributed by atoms with van der Waals surface area (Å²) in [7, 11) is 0. The van der Waals surface area contributed by atoms with Gasteiger partial charge in [-0.05, 0) is 24.6 Å². The third-order valence-electron chi connectivity index (χ3n) is 2.05. The molecule has 0 aliphatic carbocycles. The molecule has 5 heteroatoms. The lowest BCUT2D eigenvalue weighted by molar-refractivity contribution is 1.06. The molecule has 0 atom stereocenters. The average molecular weight is 318 g/mol. The molecule has 0 saturated heterocycles. The van der Waals surface area contributed by atoms with E-state index in [2.05, 4.69) is 25.9 Å². The van der Waals surface area contributed by atoms with E-state index >= 15 is 0 Å². The molecule has 2 nitrogen and oxygen atoms in total. The molecule has 0 amide bonds. The predicted octanol–water partition coefficient (Wildman–Crippen LogP) is 4.52. The fourth-order valence-electron chi connectivity index (χ4n) is 1.39. The van der Waals surface area contributed by atoms with E-state index in [-0.39, 0.29) is 0 Å². The van der Waals surface area contributed by atoms with Crippen molar-refractivity contribution in [3.05, 3.63) is 44.9 Å². The molecule has 0 radical (unpaired) electrons. The second-order valence-electron chi connectivity index (χ2n) is 3.24. The zero-order valence-electron chi connectivity index (χ0n) is 8.34. The van der Waals surface area contributed by atoms with Gasteiger partial charge in [0.15, 0.2) is 0 Å². The van der Waals surface area contributed by atoms with E-state index in [1.807, 2.05) is 24.3 Å². The largest absolute Gasteiger partial charge is 0.221 e. The van der Waals surface area contributed by atoms with Crippen LogP contribution >= 0.6 is 39.1 Å². The van der Waals surface area contributed by atoms with E-state index in [1.54, 1.807) is 6.92 Å². The normalized spacial score (nSPS) is 10.5. The fourth-order valence-corrected chi connectivity index (χ4v) is 2.48. The molecule has 0 spiro atoms. The molecule has 1 heterocycles. The Morgan fingerprint density at radius 2 is 1.75 bits per heavy atom. The van der Waals surface area contributed by atoms with E-state index in [1.165, 1.54) is 0 Å². The highest BCUT2D eigenvalue weighted by atomic mass is 79.9. The molecule has 2 aromatic rings. The van der Waals surface area contributed by atoms with Crippen molar-refractivity contribution in [1.29, 1.82) is 0 Å². The van der Waals surface area contributed by atoms with Gasteiger partial charge in [-0.25, -0.2) is 9.97 Å². The van der Waals surface area contributed by atoms with E-state index < -0.39 is 0 Å². The first-order chi connectivity index (χ1) is 7.58. The van der Waals surface area contributed by atoms with E-state index in [9.17, 15) is 0 Å². The quantitative estimate of drug-likeness (QED) is 0.723. The maximum atomic E-state index is 6.07. The van der Waals surface area contributed by atoms with Crippen molar-refractivity contribution in [3.8, 4) is 11.1 Å². The number of aryl methyl sites for hydroxylation is 1. The van der Waals surface area contributed by atoms with Gasteiger partial charge in [-0.15, -0.1) is 0 Å². The first-order valence-corrected chi connectivity index (χ1v) is 6.08. The highest BCUT2D eigenvalue weighted by Crippen LogP contribution is 2.33. The van der Waals surface area contributed by atoms with Crippen molar-refractivity contribution in [1.82, 2.24) is 9.97 Å². The van der Waals surface area contributed by atoms with Gasteiger partial charge in [0.05, 0.1) is 5.56 Å². The molecule has 0 saturated carbocycles. The van der Waals surface area contributed by atoms with Crippen molar-refractivity contribution in [3.63, 3.8) is 0 Å². The van der Waals surface area contributed by atoms with Gasteiger partial charge in [0.1, 0.15) is 16.1 Å². The van der Waals surface area contributed by atoms with E-state index in [0.29, 0.717) is 21.7 Å². The molecule has 0 bridgehead atoms. The van der Waals surface area contributed by atoms with Gasteiger partial charge in [-0.1, -0.05) is 51.3 Å². The van der Waals surface area contributed by atoms with Crippen LogP contribution in [0.3, 0.4) is 0 Å². The number of rotatable bonds is 1. The van der Waals surface area contributed by atoms with Crippen LogP contribution < -0.4 is 0 Å². The zero-order chi connectivity index (χ0) is 11.7. The van der Waals surface area contributed by atoms with Gasteiger partial charge >= 0.3 is 0 Å². The minimum atomic E-state index is 0.371. The van der Waals surface area contributed by atoms with Crippen LogP contribution in [0.4, 0.5) is 0 Å². The molecule has 2 rings (SSSR count). The third kappa shape index (κ3) is 2.37. The standard InChI is InChI=1S/C11H7BrCl2N2/c1-6-15-10(13)9(11(14)16-6)7-3-2-4-8(12)5-7/h2-5H,1H3. The Morgan fingerprint density at radius 1 is 1.12 bits per heavy atom. The first kappa shape index (κ1) is 11.8. The summed E-state index contributed by atoms with van der Waals surface area (Å²) in [5, 5.41) is 0.742. The van der Waals surface area contributed by atoms with Gasteiger partial charge in [0, 0.05) is 4.47 Å². The van der Waals surface area contributed by atoms with Crippen molar-refractivity contribution in [2.75, 3.05) is 0 Å². The lowest BCUT2D eigenvalue weighted by Crippen LogP contribution is -1.93. The van der Waals surface area contributed by atoms with E-state index in [4.69, 9.17) is 23.2 Å². The van der Waals surface area contributed by atoms with E-state index in [0.717, 1.165) is 10.0 Å². The number of benzene rings is 1. The molecule has 0 aliphatic rings. The van der Waals surface area contributed by atoms with Crippen LogP contribution in [0, 0.1) is 6.92 Å². The molecule has 0 fully saturated rings. The Balaban J connectivity index is 2.64. The highest BCUT2D eigenvalue weighted by Gasteiger charge is 2.12. The Bertz CT molecular complexity index is 520. The molecule has 0 unspecified atom stereocenters. The van der Waals surface area contributed by atoms with Crippen molar-refractivity contribution >= 4 is 39.1 Å². The number of nitrogens with zero attached hydrogens (tertiary/aromatic N) is 2. The Labute approximate surface area is 112 Å². The molecule has 1 aromatic carbocycles. The van der Waals surface area contributed by atoms with Gasteiger partial charge in [0.2, 0.25) is 0 Å². The minimum absolute atomic E-state index is 0.371. The Morgan fingerprint density at radius 3 is 2.31 bits per heavy atom. The summed E-state index contributed by atoms with van der Waals surface area (Å²) in [5.41, 5.74) is 1.56. The summed E-state index contributed by atoms with van der Waals surface area (Å²) < 4.78 is 0.956. The van der Waals surface area contributed by atoms with Crippen LogP contribution in [0.5, 0.6) is 0 Å². The second-order valence-corrected chi connectivity index (χ2v) is 4.87. The van der Waals surface area contributed by atoms with Crippen LogP contribution in [0.25, 0.3) is 11.1 Å². The minimum Gasteiger partial charge on any atom is -0.221 e.